The summed E-state index contributed by atoms with van der Waals surface area (Å²) in [7, 11) is 0. The van der Waals surface area contributed by atoms with E-state index in [9.17, 15) is 14.9 Å². The van der Waals surface area contributed by atoms with Gasteiger partial charge in [-0.2, -0.15) is 5.26 Å². The second-order valence-electron chi connectivity index (χ2n) is 6.26. The second kappa shape index (κ2) is 8.15. The summed E-state index contributed by atoms with van der Waals surface area (Å²) in [5, 5.41) is 15.4. The minimum absolute atomic E-state index is 0.177. The van der Waals surface area contributed by atoms with Crippen molar-refractivity contribution in [3.05, 3.63) is 16.0 Å². The van der Waals surface area contributed by atoms with Gasteiger partial charge in [0.1, 0.15) is 15.9 Å². The molecule has 24 heavy (non-hydrogen) atoms. The lowest BCUT2D eigenvalue weighted by Crippen LogP contribution is -2.38. The zero-order valence-corrected chi connectivity index (χ0v) is 15.1. The van der Waals surface area contributed by atoms with Crippen LogP contribution in [0.4, 0.5) is 9.80 Å². The van der Waals surface area contributed by atoms with Crippen molar-refractivity contribution < 1.29 is 14.3 Å². The van der Waals surface area contributed by atoms with Gasteiger partial charge in [-0.1, -0.05) is 19.3 Å². The first-order valence-electron chi connectivity index (χ1n) is 8.24. The molecule has 1 saturated carbocycles. The number of anilines is 1. The van der Waals surface area contributed by atoms with Crippen molar-refractivity contribution >= 4 is 28.3 Å². The molecule has 130 valence electrons. The molecule has 7 heteroatoms. The molecule has 1 fully saturated rings. The third-order valence-electron chi connectivity index (χ3n) is 3.95. The molecule has 0 aliphatic heterocycles. The lowest BCUT2D eigenvalue weighted by molar-refractivity contribution is 0.0383. The van der Waals surface area contributed by atoms with Crippen molar-refractivity contribution in [3.8, 4) is 6.07 Å². The van der Waals surface area contributed by atoms with Gasteiger partial charge in [0.2, 0.25) is 0 Å². The number of ether oxygens (including phenoxy) is 1. The largest absolute Gasteiger partial charge is 0.459 e. The van der Waals surface area contributed by atoms with Crippen molar-refractivity contribution in [2.75, 3.05) is 5.32 Å². The number of nitrogens with one attached hydrogen (secondary N) is 2. The van der Waals surface area contributed by atoms with Crippen molar-refractivity contribution in [1.29, 1.82) is 5.26 Å². The highest BCUT2D eigenvalue weighted by Crippen LogP contribution is 2.33. The molecular formula is C17H23N3O3S. The van der Waals surface area contributed by atoms with Gasteiger partial charge in [0.05, 0.1) is 11.7 Å². The van der Waals surface area contributed by atoms with E-state index in [1.165, 1.54) is 6.42 Å². The fourth-order valence-electron chi connectivity index (χ4n) is 2.77. The van der Waals surface area contributed by atoms with Crippen LogP contribution in [-0.4, -0.2) is 24.1 Å². The summed E-state index contributed by atoms with van der Waals surface area (Å²) in [6, 6.07) is 1.91. The number of hydrogen-bond acceptors (Lipinski definition) is 5. The Kier molecular flexibility index (Phi) is 6.21. The van der Waals surface area contributed by atoms with Gasteiger partial charge >= 0.3 is 12.0 Å². The van der Waals surface area contributed by atoms with Crippen LogP contribution >= 0.6 is 11.3 Å². The van der Waals surface area contributed by atoms with Crippen molar-refractivity contribution in [3.63, 3.8) is 0 Å². The molecule has 0 bridgehead atoms. The van der Waals surface area contributed by atoms with Gasteiger partial charge in [-0.25, -0.2) is 9.59 Å². The van der Waals surface area contributed by atoms with Gasteiger partial charge in [0.25, 0.3) is 0 Å². The Hall–Kier alpha value is -2.07. The predicted molar refractivity (Wildman–Crippen MR) is 93.3 cm³/mol. The number of urea groups is 1. The van der Waals surface area contributed by atoms with Crippen molar-refractivity contribution in [1.82, 2.24) is 5.32 Å². The number of nitrogens with zero attached hydrogens (tertiary/aromatic N) is 1. The van der Waals surface area contributed by atoms with Crippen LogP contribution in [-0.2, 0) is 4.74 Å². The highest BCUT2D eigenvalue weighted by atomic mass is 32.1. The number of hydrogen-bond donors (Lipinski definition) is 2. The van der Waals surface area contributed by atoms with E-state index >= 15 is 0 Å². The van der Waals surface area contributed by atoms with Gasteiger partial charge in [-0.05, 0) is 39.2 Å². The van der Waals surface area contributed by atoms with Crippen molar-refractivity contribution in [2.45, 2.75) is 65.0 Å². The van der Waals surface area contributed by atoms with Crippen molar-refractivity contribution in [2.24, 2.45) is 0 Å². The summed E-state index contributed by atoms with van der Waals surface area (Å²) >= 11 is 1.08. The van der Waals surface area contributed by atoms with Crippen LogP contribution in [0.15, 0.2) is 0 Å². The van der Waals surface area contributed by atoms with Gasteiger partial charge in [0, 0.05) is 6.04 Å². The lowest BCUT2D eigenvalue weighted by Gasteiger charge is -2.22. The average Bonchev–Trinajstić information content (AvgIpc) is 2.83. The standard InChI is InChI=1S/C17H23N3O3S/c1-10(2)23-16(21)14-11(3)13(9-18)15(24-14)20-17(22)19-12-7-5-4-6-8-12/h10,12H,4-8H2,1-3H3,(H2,19,20,22). The molecule has 0 aromatic carbocycles. The lowest BCUT2D eigenvalue weighted by atomic mass is 9.96. The van der Waals surface area contributed by atoms with Crippen LogP contribution in [0.1, 0.15) is 66.8 Å². The summed E-state index contributed by atoms with van der Waals surface area (Å²) in [5.74, 6) is -0.468. The Morgan fingerprint density at radius 1 is 1.29 bits per heavy atom. The van der Waals surface area contributed by atoms with Gasteiger partial charge in [0.15, 0.2) is 0 Å². The predicted octanol–water partition coefficient (Wildman–Crippen LogP) is 3.95. The summed E-state index contributed by atoms with van der Waals surface area (Å²) < 4.78 is 5.19. The fraction of sp³-hybridized carbons (Fsp3) is 0.588. The summed E-state index contributed by atoms with van der Waals surface area (Å²) in [4.78, 5) is 24.6. The zero-order chi connectivity index (χ0) is 17.7. The second-order valence-corrected chi connectivity index (χ2v) is 7.28. The Morgan fingerprint density at radius 2 is 1.96 bits per heavy atom. The number of esters is 1. The van der Waals surface area contributed by atoms with Crippen LogP contribution in [0.5, 0.6) is 0 Å². The molecule has 1 aliphatic carbocycles. The highest BCUT2D eigenvalue weighted by Gasteiger charge is 2.24. The van der Waals surface area contributed by atoms with Crippen LogP contribution in [0.3, 0.4) is 0 Å². The number of carbonyl (C=O) groups excluding carboxylic acids is 2. The molecule has 1 aromatic rings. The SMILES string of the molecule is Cc1c(C(=O)OC(C)C)sc(NC(=O)NC2CCCCC2)c1C#N. The van der Waals surface area contributed by atoms with E-state index in [4.69, 9.17) is 4.74 Å². The van der Waals surface area contributed by atoms with E-state index in [2.05, 4.69) is 16.7 Å². The molecule has 1 aromatic heterocycles. The van der Waals surface area contributed by atoms with E-state index < -0.39 is 5.97 Å². The van der Waals surface area contributed by atoms with Crippen LogP contribution in [0, 0.1) is 18.3 Å². The minimum Gasteiger partial charge on any atom is -0.459 e. The first kappa shape index (κ1) is 18.3. The number of thiophene rings is 1. The van der Waals surface area contributed by atoms with E-state index in [-0.39, 0.29) is 18.2 Å². The monoisotopic (exact) mass is 349 g/mol. The summed E-state index contributed by atoms with van der Waals surface area (Å²) in [6.07, 6.45) is 5.18. The molecule has 2 rings (SSSR count). The van der Waals surface area contributed by atoms with E-state index in [1.54, 1.807) is 20.8 Å². The van der Waals surface area contributed by atoms with E-state index in [0.717, 1.165) is 37.0 Å². The molecule has 2 N–H and O–H groups in total. The Balaban J connectivity index is 2.10. The first-order valence-corrected chi connectivity index (χ1v) is 9.06. The fourth-order valence-corrected chi connectivity index (χ4v) is 3.81. The highest BCUT2D eigenvalue weighted by molar-refractivity contribution is 7.18. The van der Waals surface area contributed by atoms with Crippen LogP contribution in [0.2, 0.25) is 0 Å². The maximum absolute atomic E-state index is 12.2. The molecule has 0 atom stereocenters. The molecule has 1 aliphatic rings. The third-order valence-corrected chi connectivity index (χ3v) is 5.14. The molecule has 6 nitrogen and oxygen atoms in total. The van der Waals surface area contributed by atoms with Gasteiger partial charge in [-0.3, -0.25) is 5.32 Å². The Labute approximate surface area is 146 Å². The van der Waals surface area contributed by atoms with Gasteiger partial charge in [-0.15, -0.1) is 11.3 Å². The normalized spacial score (nSPS) is 15.0. The molecule has 1 heterocycles. The number of rotatable bonds is 4. The smallest absolute Gasteiger partial charge is 0.348 e. The zero-order valence-electron chi connectivity index (χ0n) is 14.3. The van der Waals surface area contributed by atoms with E-state index in [1.807, 2.05) is 0 Å². The molecular weight excluding hydrogens is 326 g/mol. The molecule has 0 spiro atoms. The third kappa shape index (κ3) is 4.48. The Bertz CT molecular complexity index is 655. The summed E-state index contributed by atoms with van der Waals surface area (Å²) in [6.45, 7) is 5.22. The maximum atomic E-state index is 12.2. The quantitative estimate of drug-likeness (QED) is 0.805. The topological polar surface area (TPSA) is 91.2 Å². The average molecular weight is 349 g/mol. The van der Waals surface area contributed by atoms with Gasteiger partial charge < -0.3 is 10.1 Å². The molecule has 0 unspecified atom stereocenters. The Morgan fingerprint density at radius 3 is 2.54 bits per heavy atom. The minimum atomic E-state index is -0.468. The summed E-state index contributed by atoms with van der Waals surface area (Å²) in [5.41, 5.74) is 0.857. The number of carbonyl (C=O) groups is 2. The van der Waals surface area contributed by atoms with Crippen LogP contribution in [0.25, 0.3) is 0 Å². The number of amides is 2. The van der Waals surface area contributed by atoms with Crippen LogP contribution < -0.4 is 10.6 Å². The maximum Gasteiger partial charge on any atom is 0.348 e. The molecule has 0 saturated heterocycles. The molecule has 0 radical (unpaired) electrons. The van der Waals surface area contributed by atoms with E-state index in [0.29, 0.717) is 21.0 Å². The molecule has 2 amide bonds. The number of nitriles is 1. The first-order chi connectivity index (χ1) is 11.4.